The molecule has 0 aromatic heterocycles. The van der Waals surface area contributed by atoms with E-state index in [1.807, 2.05) is 6.07 Å². The van der Waals surface area contributed by atoms with Crippen LogP contribution in [0.5, 0.6) is 0 Å². The largest absolute Gasteiger partial charge is 0.392 e. The maximum absolute atomic E-state index is 9.00. The lowest BCUT2D eigenvalue weighted by Gasteiger charge is -2.14. The van der Waals surface area contributed by atoms with Crippen molar-refractivity contribution < 1.29 is 5.11 Å². The van der Waals surface area contributed by atoms with E-state index in [-0.39, 0.29) is 17.5 Å². The van der Waals surface area contributed by atoms with Crippen molar-refractivity contribution in [3.8, 4) is 0 Å². The molecule has 1 aliphatic rings. The number of aliphatic hydroxyl groups is 1. The van der Waals surface area contributed by atoms with Gasteiger partial charge in [0.15, 0.2) is 0 Å². The van der Waals surface area contributed by atoms with E-state index in [2.05, 4.69) is 42.0 Å². The molecule has 0 fully saturated rings. The summed E-state index contributed by atoms with van der Waals surface area (Å²) in [5.74, 6) is 0. The number of benzene rings is 1. The zero-order valence-electron chi connectivity index (χ0n) is 8.14. The molecule has 0 unspecified atom stereocenters. The Morgan fingerprint density at radius 2 is 1.93 bits per heavy atom. The molecular weight excluding hydrogens is 192 g/mol. The Bertz CT molecular complexity index is 381. The summed E-state index contributed by atoms with van der Waals surface area (Å²) in [4.78, 5) is 1.39. The van der Waals surface area contributed by atoms with Gasteiger partial charge in [0.25, 0.3) is 0 Å². The van der Waals surface area contributed by atoms with Gasteiger partial charge in [-0.3, -0.25) is 0 Å². The summed E-state index contributed by atoms with van der Waals surface area (Å²) in [5, 5.41) is 13.5. The average molecular weight is 206 g/mol. The number of hydrogen-bond donors (Lipinski definition) is 2. The molecule has 1 aromatic carbocycles. The van der Waals surface area contributed by atoms with E-state index in [9.17, 15) is 0 Å². The predicted octanol–water partition coefficient (Wildman–Crippen LogP) is 2.89. The Balaban J connectivity index is 2.35. The molecule has 0 spiro atoms. The Morgan fingerprint density at radius 1 is 1.21 bits per heavy atom. The van der Waals surface area contributed by atoms with Crippen LogP contribution < -0.4 is 0 Å². The normalized spacial score (nSPS) is 16.6. The molecule has 0 atom stereocenters. The third-order valence-corrected chi connectivity index (χ3v) is 4.37. The monoisotopic (exact) mass is 206 g/mol. The Hall–Kier alpha value is -0.990. The van der Waals surface area contributed by atoms with Crippen LogP contribution in [-0.2, 0) is 6.61 Å². The van der Waals surface area contributed by atoms with E-state index < -0.39 is 0 Å². The second-order valence-corrected chi connectivity index (χ2v) is 5.26. The number of thiol groups is 1. The summed E-state index contributed by atoms with van der Waals surface area (Å²) >= 11 is 0. The molecule has 1 heterocycles. The van der Waals surface area contributed by atoms with Crippen LogP contribution in [0.25, 0.3) is 0 Å². The minimum Gasteiger partial charge on any atom is -0.392 e. The van der Waals surface area contributed by atoms with E-state index in [0.29, 0.717) is 0 Å². The molecule has 14 heavy (non-hydrogen) atoms. The quantitative estimate of drug-likeness (QED) is 0.713. The van der Waals surface area contributed by atoms with Gasteiger partial charge in [0.05, 0.1) is 6.61 Å². The molecule has 74 valence electrons. The molecule has 0 saturated heterocycles. The van der Waals surface area contributed by atoms with Crippen molar-refractivity contribution in [2.45, 2.75) is 18.4 Å². The van der Waals surface area contributed by atoms with E-state index in [1.54, 1.807) is 0 Å². The average Bonchev–Trinajstić information content (AvgIpc) is 2.70. The first-order chi connectivity index (χ1) is 6.81. The van der Waals surface area contributed by atoms with Gasteiger partial charge in [-0.1, -0.05) is 24.3 Å². The third kappa shape index (κ3) is 1.76. The second-order valence-electron chi connectivity index (χ2n) is 3.37. The summed E-state index contributed by atoms with van der Waals surface area (Å²) in [6.45, 7) is 2.24. The first kappa shape index (κ1) is 9.56. The van der Waals surface area contributed by atoms with Crippen molar-refractivity contribution >= 4 is 10.9 Å². The summed E-state index contributed by atoms with van der Waals surface area (Å²) in [6.07, 6.45) is 4.20. The van der Waals surface area contributed by atoms with Crippen molar-refractivity contribution in [1.29, 1.82) is 0 Å². The molecule has 2 heteroatoms. The van der Waals surface area contributed by atoms with Crippen LogP contribution in [-0.4, -0.2) is 5.11 Å². The van der Waals surface area contributed by atoms with Crippen LogP contribution in [0.1, 0.15) is 11.1 Å². The molecule has 2 rings (SSSR count). The molecule has 0 saturated carbocycles. The van der Waals surface area contributed by atoms with Crippen LogP contribution in [0, 0.1) is 6.92 Å². The van der Waals surface area contributed by atoms with Gasteiger partial charge in [-0.15, -0.1) is 0 Å². The minimum absolute atomic E-state index is 0.130. The standard InChI is InChI=1S/C12H14OS/c1-10-8-11(9-13)4-5-12(10)14-6-2-3-7-14/h2-8,13-14H,9H2,1H3. The van der Waals surface area contributed by atoms with Crippen molar-refractivity contribution in [1.82, 2.24) is 0 Å². The van der Waals surface area contributed by atoms with Gasteiger partial charge in [-0.05, 0) is 39.8 Å². The lowest BCUT2D eigenvalue weighted by molar-refractivity contribution is 0.281. The van der Waals surface area contributed by atoms with E-state index in [0.717, 1.165) is 5.56 Å². The topological polar surface area (TPSA) is 20.2 Å². The fourth-order valence-corrected chi connectivity index (χ4v) is 3.31. The van der Waals surface area contributed by atoms with Gasteiger partial charge in [0, 0.05) is 0 Å². The Morgan fingerprint density at radius 3 is 2.50 bits per heavy atom. The van der Waals surface area contributed by atoms with Crippen molar-refractivity contribution in [3.63, 3.8) is 0 Å². The zero-order chi connectivity index (χ0) is 9.97. The Labute approximate surface area is 87.1 Å². The number of aryl methyl sites for hydroxylation is 1. The Kier molecular flexibility index (Phi) is 2.75. The summed E-state index contributed by atoms with van der Waals surface area (Å²) < 4.78 is 0. The van der Waals surface area contributed by atoms with Crippen LogP contribution in [0.2, 0.25) is 0 Å². The van der Waals surface area contributed by atoms with E-state index >= 15 is 0 Å². The maximum atomic E-state index is 9.00. The molecular formula is C12H14OS. The number of hydrogen-bond acceptors (Lipinski definition) is 1. The highest BCUT2D eigenvalue weighted by atomic mass is 32.2. The van der Waals surface area contributed by atoms with Crippen LogP contribution in [0.15, 0.2) is 46.1 Å². The van der Waals surface area contributed by atoms with Crippen molar-refractivity contribution in [2.24, 2.45) is 0 Å². The highest BCUT2D eigenvalue weighted by molar-refractivity contribution is 8.22. The van der Waals surface area contributed by atoms with Crippen LogP contribution in [0.4, 0.5) is 0 Å². The zero-order valence-corrected chi connectivity index (χ0v) is 9.04. The lowest BCUT2D eigenvalue weighted by Crippen LogP contribution is -1.87. The molecule has 0 bridgehead atoms. The SMILES string of the molecule is Cc1cc(CO)ccc1[SH]1C=CC=C1. The highest BCUT2D eigenvalue weighted by Gasteiger charge is 2.06. The lowest BCUT2D eigenvalue weighted by atomic mass is 10.1. The van der Waals surface area contributed by atoms with Gasteiger partial charge in [0.1, 0.15) is 0 Å². The molecule has 0 amide bonds. The first-order valence-electron chi connectivity index (χ1n) is 4.65. The number of allylic oxidation sites excluding steroid dienone is 2. The summed E-state index contributed by atoms with van der Waals surface area (Å²) in [6, 6.07) is 6.20. The molecule has 1 aromatic rings. The van der Waals surface area contributed by atoms with E-state index in [4.69, 9.17) is 5.11 Å². The van der Waals surface area contributed by atoms with Gasteiger partial charge in [0.2, 0.25) is 0 Å². The highest BCUT2D eigenvalue weighted by Crippen LogP contribution is 2.43. The van der Waals surface area contributed by atoms with Gasteiger partial charge >= 0.3 is 0 Å². The molecule has 1 N–H and O–H groups in total. The van der Waals surface area contributed by atoms with Crippen molar-refractivity contribution in [3.05, 3.63) is 52.3 Å². The van der Waals surface area contributed by atoms with Crippen molar-refractivity contribution in [2.75, 3.05) is 0 Å². The molecule has 1 aliphatic heterocycles. The predicted molar refractivity (Wildman–Crippen MR) is 62.6 cm³/mol. The number of rotatable bonds is 2. The smallest absolute Gasteiger partial charge is 0.0681 e. The third-order valence-electron chi connectivity index (χ3n) is 2.33. The van der Waals surface area contributed by atoms with Gasteiger partial charge in [-0.2, -0.15) is 10.9 Å². The van der Waals surface area contributed by atoms with Crippen LogP contribution >= 0.6 is 10.9 Å². The summed E-state index contributed by atoms with van der Waals surface area (Å²) in [5.41, 5.74) is 2.27. The fourth-order valence-electron chi connectivity index (χ4n) is 1.60. The summed E-state index contributed by atoms with van der Waals surface area (Å²) in [7, 11) is -0.221. The molecule has 0 aliphatic carbocycles. The second kappa shape index (κ2) is 4.03. The molecule has 1 nitrogen and oxygen atoms in total. The van der Waals surface area contributed by atoms with E-state index in [1.165, 1.54) is 10.5 Å². The first-order valence-corrected chi connectivity index (χ1v) is 6.13. The fraction of sp³-hybridized carbons (Fsp3) is 0.167. The van der Waals surface area contributed by atoms with Gasteiger partial charge in [-0.25, -0.2) is 0 Å². The molecule has 0 radical (unpaired) electrons. The number of aliphatic hydroxyl groups excluding tert-OH is 1. The van der Waals surface area contributed by atoms with Gasteiger partial charge < -0.3 is 5.11 Å². The maximum Gasteiger partial charge on any atom is 0.0681 e. The van der Waals surface area contributed by atoms with Crippen LogP contribution in [0.3, 0.4) is 0 Å². The minimum atomic E-state index is -0.221.